The van der Waals surface area contributed by atoms with E-state index in [0.717, 1.165) is 21.3 Å². The van der Waals surface area contributed by atoms with E-state index in [0.29, 0.717) is 6.54 Å². The van der Waals surface area contributed by atoms with Crippen molar-refractivity contribution in [1.29, 1.82) is 0 Å². The first-order valence-electron chi connectivity index (χ1n) is 5.01. The Morgan fingerprint density at radius 2 is 1.76 bits per heavy atom. The largest absolute Gasteiger partial charge is 0.441 e. The summed E-state index contributed by atoms with van der Waals surface area (Å²) in [4.78, 5) is 0. The molecule has 0 fully saturated rings. The van der Waals surface area contributed by atoms with Crippen molar-refractivity contribution in [3.05, 3.63) is 27.7 Å². The molecule has 1 nitrogen and oxygen atoms in total. The molecule has 0 spiro atoms. The first-order chi connectivity index (χ1) is 7.79. The molecular formula is C11H13BrF3NS. The summed E-state index contributed by atoms with van der Waals surface area (Å²) in [7, 11) is 0. The molecule has 0 aliphatic carbocycles. The van der Waals surface area contributed by atoms with Crippen LogP contribution in [0.25, 0.3) is 0 Å². The Balaban J connectivity index is 2.53. The number of nitrogens with one attached hydrogen (secondary N) is 1. The Morgan fingerprint density at radius 1 is 1.24 bits per heavy atom. The lowest BCUT2D eigenvalue weighted by Crippen LogP contribution is -2.10. The van der Waals surface area contributed by atoms with Crippen LogP contribution in [0.1, 0.15) is 11.1 Å². The fourth-order valence-corrected chi connectivity index (χ4v) is 2.65. The second-order valence-corrected chi connectivity index (χ2v) is 5.71. The Labute approximate surface area is 111 Å². The minimum absolute atomic E-state index is 0.00408. The maximum Gasteiger partial charge on any atom is 0.441 e. The van der Waals surface area contributed by atoms with Crippen molar-refractivity contribution in [2.75, 3.05) is 17.6 Å². The quantitative estimate of drug-likeness (QED) is 0.802. The summed E-state index contributed by atoms with van der Waals surface area (Å²) in [5.41, 5.74) is -1.19. The van der Waals surface area contributed by atoms with Gasteiger partial charge in [0.25, 0.3) is 0 Å². The molecular weight excluding hydrogens is 315 g/mol. The van der Waals surface area contributed by atoms with Gasteiger partial charge in [-0.2, -0.15) is 13.2 Å². The number of hydrogen-bond acceptors (Lipinski definition) is 2. The van der Waals surface area contributed by atoms with Crippen molar-refractivity contribution in [2.24, 2.45) is 0 Å². The molecule has 0 aromatic heterocycles. The van der Waals surface area contributed by atoms with Crippen molar-refractivity contribution in [3.63, 3.8) is 0 Å². The van der Waals surface area contributed by atoms with E-state index in [1.807, 2.05) is 26.0 Å². The van der Waals surface area contributed by atoms with Gasteiger partial charge in [-0.1, -0.05) is 15.9 Å². The molecule has 0 aliphatic heterocycles. The fourth-order valence-electron chi connectivity index (χ4n) is 1.53. The second kappa shape index (κ2) is 6.00. The van der Waals surface area contributed by atoms with Crippen molar-refractivity contribution >= 4 is 33.4 Å². The average molecular weight is 328 g/mol. The Hall–Kier alpha value is -0.360. The molecule has 0 saturated carbocycles. The maximum absolute atomic E-state index is 11.9. The highest BCUT2D eigenvalue weighted by Gasteiger charge is 2.27. The van der Waals surface area contributed by atoms with Gasteiger partial charge in [-0.3, -0.25) is 0 Å². The predicted octanol–water partition coefficient (Wildman–Crippen LogP) is 4.73. The van der Waals surface area contributed by atoms with Gasteiger partial charge < -0.3 is 5.32 Å². The molecule has 0 radical (unpaired) electrons. The zero-order chi connectivity index (χ0) is 13.1. The highest BCUT2D eigenvalue weighted by Crippen LogP contribution is 2.30. The first kappa shape index (κ1) is 14.7. The molecule has 0 unspecified atom stereocenters. The van der Waals surface area contributed by atoms with Crippen molar-refractivity contribution in [1.82, 2.24) is 0 Å². The first-order valence-corrected chi connectivity index (χ1v) is 6.79. The number of aryl methyl sites for hydroxylation is 2. The van der Waals surface area contributed by atoms with Gasteiger partial charge in [-0.05, 0) is 48.9 Å². The number of rotatable bonds is 4. The number of thioether (sulfide) groups is 1. The minimum Gasteiger partial charge on any atom is -0.384 e. The van der Waals surface area contributed by atoms with Crippen molar-refractivity contribution < 1.29 is 13.2 Å². The average Bonchev–Trinajstić information content (AvgIpc) is 2.13. The zero-order valence-corrected chi connectivity index (χ0v) is 11.9. The Morgan fingerprint density at radius 3 is 2.24 bits per heavy atom. The minimum atomic E-state index is -4.15. The maximum atomic E-state index is 11.9. The van der Waals surface area contributed by atoms with E-state index >= 15 is 0 Å². The van der Waals surface area contributed by atoms with Gasteiger partial charge in [0.05, 0.1) is 0 Å². The Kier molecular flexibility index (Phi) is 5.19. The Bertz CT molecular complexity index is 370. The predicted molar refractivity (Wildman–Crippen MR) is 70.6 cm³/mol. The molecule has 17 heavy (non-hydrogen) atoms. The lowest BCUT2D eigenvalue weighted by atomic mass is 10.1. The van der Waals surface area contributed by atoms with Crippen LogP contribution in [-0.4, -0.2) is 17.8 Å². The molecule has 0 saturated heterocycles. The van der Waals surface area contributed by atoms with Crippen molar-refractivity contribution in [2.45, 2.75) is 19.4 Å². The van der Waals surface area contributed by atoms with Gasteiger partial charge in [0.15, 0.2) is 0 Å². The van der Waals surface area contributed by atoms with Crippen LogP contribution in [0.15, 0.2) is 16.6 Å². The van der Waals surface area contributed by atoms with Gasteiger partial charge in [0.1, 0.15) is 0 Å². The molecule has 1 N–H and O–H groups in total. The molecule has 0 atom stereocenters. The van der Waals surface area contributed by atoms with E-state index in [-0.39, 0.29) is 17.5 Å². The molecule has 1 aromatic rings. The third-order valence-corrected chi connectivity index (χ3v) is 3.36. The fraction of sp³-hybridized carbons (Fsp3) is 0.455. The van der Waals surface area contributed by atoms with Gasteiger partial charge in [-0.15, -0.1) is 0 Å². The summed E-state index contributed by atoms with van der Waals surface area (Å²) in [6.45, 7) is 4.15. The number of halogens is 4. The van der Waals surface area contributed by atoms with E-state index in [9.17, 15) is 13.2 Å². The summed E-state index contributed by atoms with van der Waals surface area (Å²) in [6, 6.07) is 3.87. The lowest BCUT2D eigenvalue weighted by molar-refractivity contribution is -0.0327. The van der Waals surface area contributed by atoms with E-state index in [4.69, 9.17) is 0 Å². The molecule has 0 heterocycles. The van der Waals surface area contributed by atoms with Crippen LogP contribution in [0, 0.1) is 13.8 Å². The smallest absolute Gasteiger partial charge is 0.384 e. The molecule has 1 rings (SSSR count). The summed E-state index contributed by atoms with van der Waals surface area (Å²) in [5, 5.41) is 3.04. The van der Waals surface area contributed by atoms with Gasteiger partial charge in [0.2, 0.25) is 0 Å². The molecule has 0 amide bonds. The van der Waals surface area contributed by atoms with E-state index in [1.54, 1.807) is 0 Å². The van der Waals surface area contributed by atoms with E-state index < -0.39 is 5.51 Å². The number of hydrogen-bond donors (Lipinski definition) is 1. The van der Waals surface area contributed by atoms with Crippen LogP contribution in [0.2, 0.25) is 0 Å². The van der Waals surface area contributed by atoms with Crippen LogP contribution >= 0.6 is 27.7 Å². The number of benzene rings is 1. The normalized spacial score (nSPS) is 11.6. The second-order valence-electron chi connectivity index (χ2n) is 3.64. The van der Waals surface area contributed by atoms with Crippen molar-refractivity contribution in [3.8, 4) is 0 Å². The van der Waals surface area contributed by atoms with Gasteiger partial charge in [0, 0.05) is 22.5 Å². The van der Waals surface area contributed by atoms with Gasteiger partial charge >= 0.3 is 5.51 Å². The SMILES string of the molecule is Cc1cc(Br)cc(C)c1NCCSC(F)(F)F. The zero-order valence-electron chi connectivity index (χ0n) is 9.49. The number of anilines is 1. The molecule has 1 aromatic carbocycles. The van der Waals surface area contributed by atoms with Crippen LogP contribution in [-0.2, 0) is 0 Å². The molecule has 96 valence electrons. The summed E-state index contributed by atoms with van der Waals surface area (Å²) < 4.78 is 36.7. The highest BCUT2D eigenvalue weighted by molar-refractivity contribution is 9.10. The van der Waals surface area contributed by atoms with E-state index in [2.05, 4.69) is 21.2 Å². The highest BCUT2D eigenvalue weighted by atomic mass is 79.9. The van der Waals surface area contributed by atoms with Crippen LogP contribution in [0.4, 0.5) is 18.9 Å². The van der Waals surface area contributed by atoms with Crippen LogP contribution in [0.5, 0.6) is 0 Å². The summed E-state index contributed by atoms with van der Waals surface area (Å²) >= 11 is 3.37. The van der Waals surface area contributed by atoms with Crippen LogP contribution in [0.3, 0.4) is 0 Å². The van der Waals surface area contributed by atoms with Gasteiger partial charge in [-0.25, -0.2) is 0 Å². The third-order valence-electron chi connectivity index (χ3n) is 2.17. The summed E-state index contributed by atoms with van der Waals surface area (Å²) in [5.74, 6) is 0.0123. The molecule has 0 bridgehead atoms. The number of alkyl halides is 3. The monoisotopic (exact) mass is 327 g/mol. The molecule has 6 heteroatoms. The van der Waals surface area contributed by atoms with Crippen LogP contribution < -0.4 is 5.32 Å². The topological polar surface area (TPSA) is 12.0 Å². The lowest BCUT2D eigenvalue weighted by Gasteiger charge is -2.13. The molecule has 0 aliphatic rings. The third kappa shape index (κ3) is 5.21. The van der Waals surface area contributed by atoms with E-state index in [1.165, 1.54) is 0 Å². The standard InChI is InChI=1S/C11H13BrF3NS/c1-7-5-9(12)6-8(2)10(7)16-3-4-17-11(13,14)15/h5-6,16H,3-4H2,1-2H3. The summed E-state index contributed by atoms with van der Waals surface area (Å²) in [6.07, 6.45) is 0.